The lowest BCUT2D eigenvalue weighted by Crippen LogP contribution is -2.11. The summed E-state index contributed by atoms with van der Waals surface area (Å²) in [4.78, 5) is 23.6. The molecular formula is C13H15NO3. The summed E-state index contributed by atoms with van der Waals surface area (Å²) in [5, 5.41) is 0. The van der Waals surface area contributed by atoms with Crippen LogP contribution in [-0.2, 0) is 15.0 Å². The van der Waals surface area contributed by atoms with Gasteiger partial charge in [0, 0.05) is 0 Å². The van der Waals surface area contributed by atoms with Gasteiger partial charge in [0.05, 0.1) is 0 Å². The van der Waals surface area contributed by atoms with Crippen molar-refractivity contribution in [1.82, 2.24) is 0 Å². The number of ether oxygens (including phenoxy) is 1. The summed E-state index contributed by atoms with van der Waals surface area (Å²) in [6, 6.07) is 7.47. The first-order valence-corrected chi connectivity index (χ1v) is 5.27. The topological polar surface area (TPSA) is 55.7 Å². The maximum absolute atomic E-state index is 10.9. The van der Waals surface area contributed by atoms with Crippen LogP contribution in [0.25, 0.3) is 0 Å². The number of hydrogen-bond donors (Lipinski definition) is 0. The summed E-state index contributed by atoms with van der Waals surface area (Å²) in [6.07, 6.45) is 1.18. The maximum Gasteiger partial charge on any atom is 0.294 e. The van der Waals surface area contributed by atoms with Gasteiger partial charge >= 0.3 is 0 Å². The summed E-state index contributed by atoms with van der Waals surface area (Å²) < 4.78 is 5.17. The number of carbonyl (C=O) groups excluding carboxylic acids is 2. The number of rotatable bonds is 3. The fourth-order valence-corrected chi connectivity index (χ4v) is 1.28. The number of aliphatic imine (C=N–C) groups is 1. The van der Waals surface area contributed by atoms with Crippen LogP contribution in [0, 0.1) is 0 Å². The number of amides is 1. The highest BCUT2D eigenvalue weighted by Gasteiger charge is 2.13. The van der Waals surface area contributed by atoms with Crippen molar-refractivity contribution in [3.8, 4) is 5.75 Å². The van der Waals surface area contributed by atoms with Gasteiger partial charge in [-0.2, -0.15) is 0 Å². The van der Waals surface area contributed by atoms with Crippen LogP contribution in [0.4, 0.5) is 0 Å². The van der Waals surface area contributed by atoms with E-state index in [-0.39, 0.29) is 12.0 Å². The molecule has 0 aliphatic rings. The van der Waals surface area contributed by atoms with Crippen molar-refractivity contribution in [3.63, 3.8) is 0 Å². The number of hydrogen-bond acceptors (Lipinski definition) is 3. The van der Waals surface area contributed by atoms with Gasteiger partial charge in [0.2, 0.25) is 6.08 Å². The van der Waals surface area contributed by atoms with Gasteiger partial charge in [0.25, 0.3) is 5.91 Å². The van der Waals surface area contributed by atoms with Crippen LogP contribution in [0.1, 0.15) is 26.3 Å². The van der Waals surface area contributed by atoms with E-state index >= 15 is 0 Å². The standard InChI is InChI=1S/C13H15NO3/c1-13(2,3)10-4-6-11(7-5-10)17-8-12(16)14-9-15/h4-7H,8H2,1-3H3. The third kappa shape index (κ3) is 4.21. The molecule has 4 nitrogen and oxygen atoms in total. The summed E-state index contributed by atoms with van der Waals surface area (Å²) >= 11 is 0. The first-order chi connectivity index (χ1) is 7.93. The lowest BCUT2D eigenvalue weighted by Gasteiger charge is -2.19. The van der Waals surface area contributed by atoms with Crippen molar-refractivity contribution in [1.29, 1.82) is 0 Å². The van der Waals surface area contributed by atoms with E-state index < -0.39 is 5.91 Å². The zero-order valence-corrected chi connectivity index (χ0v) is 10.2. The summed E-state index contributed by atoms with van der Waals surface area (Å²) in [5.41, 5.74) is 1.26. The molecule has 0 saturated heterocycles. The molecule has 1 aromatic carbocycles. The molecule has 1 rings (SSSR count). The van der Waals surface area contributed by atoms with Crippen LogP contribution < -0.4 is 4.74 Å². The molecule has 0 unspecified atom stereocenters. The number of benzene rings is 1. The van der Waals surface area contributed by atoms with Crippen LogP contribution in [0.5, 0.6) is 5.75 Å². The van der Waals surface area contributed by atoms with Gasteiger partial charge in [-0.15, -0.1) is 4.99 Å². The summed E-state index contributed by atoms with van der Waals surface area (Å²) in [7, 11) is 0. The Balaban J connectivity index is 2.63. The van der Waals surface area contributed by atoms with Gasteiger partial charge in [0.15, 0.2) is 6.61 Å². The monoisotopic (exact) mass is 233 g/mol. The van der Waals surface area contributed by atoms with Gasteiger partial charge in [-0.25, -0.2) is 4.79 Å². The highest BCUT2D eigenvalue weighted by molar-refractivity contribution is 5.82. The zero-order chi connectivity index (χ0) is 12.9. The van der Waals surface area contributed by atoms with E-state index in [1.807, 2.05) is 12.1 Å². The molecule has 1 amide bonds. The van der Waals surface area contributed by atoms with Gasteiger partial charge < -0.3 is 4.74 Å². The maximum atomic E-state index is 10.9. The predicted molar refractivity (Wildman–Crippen MR) is 63.8 cm³/mol. The zero-order valence-electron chi connectivity index (χ0n) is 10.2. The minimum absolute atomic E-state index is 0.0795. The van der Waals surface area contributed by atoms with Crippen molar-refractivity contribution in [2.24, 2.45) is 4.99 Å². The van der Waals surface area contributed by atoms with Crippen LogP contribution in [0.2, 0.25) is 0 Å². The Bertz CT molecular complexity index is 437. The van der Waals surface area contributed by atoms with E-state index in [1.165, 1.54) is 11.6 Å². The second-order valence-corrected chi connectivity index (χ2v) is 4.66. The van der Waals surface area contributed by atoms with Gasteiger partial charge in [-0.3, -0.25) is 4.79 Å². The minimum Gasteiger partial charge on any atom is -0.484 e. The number of carbonyl (C=O) groups is 1. The molecule has 17 heavy (non-hydrogen) atoms. The lowest BCUT2D eigenvalue weighted by molar-refractivity contribution is -0.119. The Hall–Kier alpha value is -1.93. The Morgan fingerprint density at radius 3 is 2.35 bits per heavy atom. The van der Waals surface area contributed by atoms with Crippen LogP contribution in [-0.4, -0.2) is 18.6 Å². The second-order valence-electron chi connectivity index (χ2n) is 4.66. The Kier molecular flexibility index (Phi) is 4.18. The fraction of sp³-hybridized carbons (Fsp3) is 0.385. The number of nitrogens with zero attached hydrogens (tertiary/aromatic N) is 1. The first-order valence-electron chi connectivity index (χ1n) is 5.27. The highest BCUT2D eigenvalue weighted by atomic mass is 16.5. The van der Waals surface area contributed by atoms with Crippen molar-refractivity contribution in [2.75, 3.05) is 6.61 Å². The van der Waals surface area contributed by atoms with Crippen molar-refractivity contribution in [2.45, 2.75) is 26.2 Å². The molecule has 0 atom stereocenters. The van der Waals surface area contributed by atoms with Crippen LogP contribution in [0.3, 0.4) is 0 Å². The molecule has 90 valence electrons. The Morgan fingerprint density at radius 2 is 1.88 bits per heavy atom. The van der Waals surface area contributed by atoms with Crippen molar-refractivity contribution < 1.29 is 14.3 Å². The molecule has 1 aromatic rings. The van der Waals surface area contributed by atoms with E-state index in [0.717, 1.165) is 0 Å². The molecule has 0 aliphatic heterocycles. The highest BCUT2D eigenvalue weighted by Crippen LogP contribution is 2.24. The third-order valence-corrected chi connectivity index (χ3v) is 2.25. The molecule has 0 bridgehead atoms. The molecule has 0 spiro atoms. The lowest BCUT2D eigenvalue weighted by atomic mass is 9.87. The molecule has 0 saturated carbocycles. The van der Waals surface area contributed by atoms with Crippen LogP contribution >= 0.6 is 0 Å². The first kappa shape index (κ1) is 13.1. The molecule has 0 aliphatic carbocycles. The SMILES string of the molecule is CC(C)(C)c1ccc(OCC(=O)N=C=O)cc1. The van der Waals surface area contributed by atoms with Gasteiger partial charge in [-0.1, -0.05) is 32.9 Å². The average molecular weight is 233 g/mol. The van der Waals surface area contributed by atoms with Crippen LogP contribution in [0.15, 0.2) is 29.3 Å². The Morgan fingerprint density at radius 1 is 1.29 bits per heavy atom. The fourth-order valence-electron chi connectivity index (χ4n) is 1.28. The predicted octanol–water partition coefficient (Wildman–Crippen LogP) is 2.23. The molecular weight excluding hydrogens is 218 g/mol. The summed E-state index contributed by atoms with van der Waals surface area (Å²) in [5.74, 6) is -0.0626. The third-order valence-electron chi connectivity index (χ3n) is 2.25. The molecule has 4 heteroatoms. The van der Waals surface area contributed by atoms with Crippen molar-refractivity contribution in [3.05, 3.63) is 29.8 Å². The molecule has 0 fully saturated rings. The largest absolute Gasteiger partial charge is 0.484 e. The van der Waals surface area contributed by atoms with E-state index in [9.17, 15) is 9.59 Å². The van der Waals surface area contributed by atoms with Gasteiger partial charge in [-0.05, 0) is 23.1 Å². The van der Waals surface area contributed by atoms with E-state index in [1.54, 1.807) is 12.1 Å². The molecule has 0 radical (unpaired) electrons. The molecule has 0 aromatic heterocycles. The quantitative estimate of drug-likeness (QED) is 0.594. The second kappa shape index (κ2) is 5.41. The molecule has 0 heterocycles. The normalized spacial score (nSPS) is 10.5. The minimum atomic E-state index is -0.639. The smallest absolute Gasteiger partial charge is 0.294 e. The van der Waals surface area contributed by atoms with E-state index in [2.05, 4.69) is 25.8 Å². The summed E-state index contributed by atoms with van der Waals surface area (Å²) in [6.45, 7) is 6.10. The Labute approximate surface area is 100 Å². The van der Waals surface area contributed by atoms with E-state index in [4.69, 9.17) is 4.74 Å². The van der Waals surface area contributed by atoms with Crippen molar-refractivity contribution >= 4 is 12.0 Å². The average Bonchev–Trinajstić information content (AvgIpc) is 2.26. The van der Waals surface area contributed by atoms with E-state index in [0.29, 0.717) is 5.75 Å². The number of isocyanates is 1. The van der Waals surface area contributed by atoms with Gasteiger partial charge in [0.1, 0.15) is 5.75 Å². The molecule has 0 N–H and O–H groups in total.